The quantitative estimate of drug-likeness (QED) is 0.670. The fraction of sp³-hybridized carbons (Fsp3) is 0.286. The van der Waals surface area contributed by atoms with Crippen molar-refractivity contribution in [3.05, 3.63) is 53.2 Å². The van der Waals surface area contributed by atoms with E-state index in [1.807, 2.05) is 43.5 Å². The summed E-state index contributed by atoms with van der Waals surface area (Å²) in [5.74, 6) is 1.69. The number of carbonyl (C=O) groups is 1. The average molecular weight is 368 g/mol. The number of aryl methyl sites for hydroxylation is 1. The lowest BCUT2D eigenvalue weighted by molar-refractivity contribution is 0.0954. The van der Waals surface area contributed by atoms with Gasteiger partial charge in [-0.3, -0.25) is 4.79 Å². The number of fused-ring (bicyclic) bond motifs is 1. The molecular formula is C21H24N2O4. The number of benzene rings is 2. The molecule has 0 atom stereocenters. The van der Waals surface area contributed by atoms with Crippen LogP contribution in [0.1, 0.15) is 21.5 Å². The van der Waals surface area contributed by atoms with E-state index in [2.05, 4.69) is 10.3 Å². The van der Waals surface area contributed by atoms with Crippen LogP contribution in [0.4, 0.5) is 0 Å². The maximum atomic E-state index is 12.3. The van der Waals surface area contributed by atoms with Crippen LogP contribution in [0.3, 0.4) is 0 Å². The van der Waals surface area contributed by atoms with Crippen molar-refractivity contribution in [1.82, 2.24) is 10.3 Å². The number of rotatable bonds is 7. The third kappa shape index (κ3) is 3.69. The zero-order valence-corrected chi connectivity index (χ0v) is 16.0. The van der Waals surface area contributed by atoms with Gasteiger partial charge in [-0.15, -0.1) is 0 Å². The van der Waals surface area contributed by atoms with Crippen LogP contribution in [0.25, 0.3) is 10.9 Å². The van der Waals surface area contributed by atoms with Crippen LogP contribution >= 0.6 is 0 Å². The predicted octanol–water partition coefficient (Wildman–Crippen LogP) is 3.47. The van der Waals surface area contributed by atoms with Gasteiger partial charge in [-0.1, -0.05) is 17.7 Å². The monoisotopic (exact) mass is 368 g/mol. The van der Waals surface area contributed by atoms with Crippen LogP contribution in [0.5, 0.6) is 17.2 Å². The van der Waals surface area contributed by atoms with Crippen LogP contribution in [-0.2, 0) is 6.42 Å². The standard InChI is InChI=1S/C21H24N2O4/c1-13-6-5-7-14(10-13)21(24)22-9-8-15-12-23-16-11-17(25-2)19(26-3)20(27-4)18(15)16/h5-7,10-12,23H,8-9H2,1-4H3,(H,22,24). The van der Waals surface area contributed by atoms with Crippen molar-refractivity contribution in [3.8, 4) is 17.2 Å². The molecule has 6 heteroatoms. The molecule has 1 aromatic heterocycles. The maximum Gasteiger partial charge on any atom is 0.251 e. The topological polar surface area (TPSA) is 72.6 Å². The number of hydrogen-bond acceptors (Lipinski definition) is 4. The summed E-state index contributed by atoms with van der Waals surface area (Å²) in [7, 11) is 4.78. The summed E-state index contributed by atoms with van der Waals surface area (Å²) >= 11 is 0. The summed E-state index contributed by atoms with van der Waals surface area (Å²) in [6, 6.07) is 9.42. The molecule has 0 saturated carbocycles. The van der Waals surface area contributed by atoms with Crippen molar-refractivity contribution in [2.75, 3.05) is 27.9 Å². The van der Waals surface area contributed by atoms with Gasteiger partial charge in [-0.05, 0) is 31.0 Å². The van der Waals surface area contributed by atoms with E-state index in [9.17, 15) is 4.79 Å². The van der Waals surface area contributed by atoms with Gasteiger partial charge in [0.25, 0.3) is 5.91 Å². The molecule has 0 radical (unpaired) electrons. The van der Waals surface area contributed by atoms with Crippen molar-refractivity contribution in [3.63, 3.8) is 0 Å². The molecular weight excluding hydrogens is 344 g/mol. The van der Waals surface area contributed by atoms with Gasteiger partial charge in [-0.25, -0.2) is 0 Å². The molecule has 0 aliphatic rings. The molecule has 1 heterocycles. The predicted molar refractivity (Wildman–Crippen MR) is 105 cm³/mol. The fourth-order valence-electron chi connectivity index (χ4n) is 3.22. The van der Waals surface area contributed by atoms with Crippen LogP contribution in [0.2, 0.25) is 0 Å². The average Bonchev–Trinajstić information content (AvgIpc) is 3.08. The molecule has 0 spiro atoms. The highest BCUT2D eigenvalue weighted by Crippen LogP contribution is 2.44. The second-order valence-electron chi connectivity index (χ2n) is 6.26. The summed E-state index contributed by atoms with van der Waals surface area (Å²) in [5, 5.41) is 3.90. The first kappa shape index (κ1) is 18.6. The second-order valence-corrected chi connectivity index (χ2v) is 6.26. The van der Waals surface area contributed by atoms with Gasteiger partial charge in [0.1, 0.15) is 0 Å². The zero-order chi connectivity index (χ0) is 19.4. The molecule has 0 unspecified atom stereocenters. The number of ether oxygens (including phenoxy) is 3. The molecule has 0 aliphatic heterocycles. The largest absolute Gasteiger partial charge is 0.493 e. The van der Waals surface area contributed by atoms with Crippen LogP contribution < -0.4 is 19.5 Å². The van der Waals surface area contributed by atoms with E-state index in [1.165, 1.54) is 0 Å². The smallest absolute Gasteiger partial charge is 0.251 e. The number of amides is 1. The molecule has 0 aliphatic carbocycles. The maximum absolute atomic E-state index is 12.3. The van der Waals surface area contributed by atoms with Crippen LogP contribution in [0, 0.1) is 6.92 Å². The van der Waals surface area contributed by atoms with Gasteiger partial charge in [0, 0.05) is 29.8 Å². The SMILES string of the molecule is COc1cc2[nH]cc(CCNC(=O)c3cccc(C)c3)c2c(OC)c1OC. The highest BCUT2D eigenvalue weighted by Gasteiger charge is 2.19. The first-order valence-electron chi connectivity index (χ1n) is 8.72. The highest BCUT2D eigenvalue weighted by molar-refractivity contribution is 5.95. The Balaban J connectivity index is 1.80. The van der Waals surface area contributed by atoms with Gasteiger partial charge in [-0.2, -0.15) is 0 Å². The van der Waals surface area contributed by atoms with E-state index in [1.54, 1.807) is 21.3 Å². The number of H-pyrrole nitrogens is 1. The summed E-state index contributed by atoms with van der Waals surface area (Å²) < 4.78 is 16.4. The van der Waals surface area contributed by atoms with E-state index in [0.29, 0.717) is 35.8 Å². The van der Waals surface area contributed by atoms with E-state index in [0.717, 1.165) is 22.0 Å². The molecule has 1 amide bonds. The van der Waals surface area contributed by atoms with Crippen molar-refractivity contribution in [1.29, 1.82) is 0 Å². The molecule has 0 bridgehead atoms. The molecule has 0 saturated heterocycles. The molecule has 0 fully saturated rings. The minimum Gasteiger partial charge on any atom is -0.493 e. The highest BCUT2D eigenvalue weighted by atomic mass is 16.5. The summed E-state index contributed by atoms with van der Waals surface area (Å²) in [5.41, 5.74) is 3.65. The summed E-state index contributed by atoms with van der Waals surface area (Å²) in [6.07, 6.45) is 2.58. The Morgan fingerprint density at radius 2 is 1.85 bits per heavy atom. The van der Waals surface area contributed by atoms with E-state index in [-0.39, 0.29) is 5.91 Å². The van der Waals surface area contributed by atoms with Crippen molar-refractivity contribution in [2.24, 2.45) is 0 Å². The minimum atomic E-state index is -0.0789. The van der Waals surface area contributed by atoms with Gasteiger partial charge < -0.3 is 24.5 Å². The van der Waals surface area contributed by atoms with Gasteiger partial charge in [0.2, 0.25) is 5.75 Å². The first-order chi connectivity index (χ1) is 13.1. The van der Waals surface area contributed by atoms with Crippen molar-refractivity contribution in [2.45, 2.75) is 13.3 Å². The normalized spacial score (nSPS) is 10.7. The molecule has 3 rings (SSSR count). The number of hydrogen-bond donors (Lipinski definition) is 2. The summed E-state index contributed by atoms with van der Waals surface area (Å²) in [4.78, 5) is 15.6. The first-order valence-corrected chi connectivity index (χ1v) is 8.72. The lowest BCUT2D eigenvalue weighted by atomic mass is 10.1. The Labute approximate surface area is 158 Å². The minimum absolute atomic E-state index is 0.0789. The van der Waals surface area contributed by atoms with E-state index < -0.39 is 0 Å². The van der Waals surface area contributed by atoms with E-state index >= 15 is 0 Å². The Kier molecular flexibility index (Phi) is 5.54. The lowest BCUT2D eigenvalue weighted by Crippen LogP contribution is -2.25. The Bertz CT molecular complexity index is 962. The van der Waals surface area contributed by atoms with Crippen LogP contribution in [-0.4, -0.2) is 38.8 Å². The van der Waals surface area contributed by atoms with Crippen LogP contribution in [0.15, 0.2) is 36.5 Å². The van der Waals surface area contributed by atoms with Crippen molar-refractivity contribution < 1.29 is 19.0 Å². The second kappa shape index (κ2) is 8.03. The van der Waals surface area contributed by atoms with Gasteiger partial charge >= 0.3 is 0 Å². The molecule has 2 N–H and O–H groups in total. The Hall–Kier alpha value is -3.15. The van der Waals surface area contributed by atoms with E-state index in [4.69, 9.17) is 14.2 Å². The lowest BCUT2D eigenvalue weighted by Gasteiger charge is -2.14. The fourth-order valence-corrected chi connectivity index (χ4v) is 3.22. The summed E-state index contributed by atoms with van der Waals surface area (Å²) in [6.45, 7) is 2.48. The van der Waals surface area contributed by atoms with Crippen molar-refractivity contribution >= 4 is 16.8 Å². The van der Waals surface area contributed by atoms with Gasteiger partial charge in [0.05, 0.1) is 26.8 Å². The molecule has 3 aromatic rings. The Morgan fingerprint density at radius 1 is 1.07 bits per heavy atom. The Morgan fingerprint density at radius 3 is 2.52 bits per heavy atom. The zero-order valence-electron chi connectivity index (χ0n) is 16.0. The van der Waals surface area contributed by atoms with Gasteiger partial charge in [0.15, 0.2) is 11.5 Å². The third-order valence-corrected chi connectivity index (χ3v) is 4.51. The molecule has 142 valence electrons. The molecule has 6 nitrogen and oxygen atoms in total. The number of aromatic nitrogens is 1. The number of nitrogens with one attached hydrogen (secondary N) is 2. The number of carbonyl (C=O) groups excluding carboxylic acids is 1. The number of aromatic amines is 1. The molecule has 2 aromatic carbocycles. The molecule has 27 heavy (non-hydrogen) atoms. The third-order valence-electron chi connectivity index (χ3n) is 4.51. The number of methoxy groups -OCH3 is 3.